The number of amides is 1. The molecule has 1 aromatic heterocycles. The average Bonchev–Trinajstić information content (AvgIpc) is 2.73. The maximum absolute atomic E-state index is 12.3. The predicted octanol–water partition coefficient (Wildman–Crippen LogP) is 3.72. The number of hydrogen-bond donors (Lipinski definition) is 1. The molecule has 3 aromatic rings. The summed E-state index contributed by atoms with van der Waals surface area (Å²) in [5.74, 6) is 1.28. The standard InChI is InChI=1S/C22H21N3O2/c26-21(15-27-17-10-5-2-6-11-17)24-19-12-7-13-20-18(19)14-23-22(25-20)16-8-3-1-4-9-16/h1-6,8-11,14,19H,7,12-13,15H2,(H,24,26)/t19-/m1/s1. The molecule has 0 saturated carbocycles. The van der Waals surface area contributed by atoms with Crippen LogP contribution in [0.15, 0.2) is 66.9 Å². The molecule has 136 valence electrons. The van der Waals surface area contributed by atoms with Crippen molar-refractivity contribution in [2.45, 2.75) is 25.3 Å². The van der Waals surface area contributed by atoms with E-state index in [0.29, 0.717) is 5.75 Å². The lowest BCUT2D eigenvalue weighted by molar-refractivity contribution is -0.124. The van der Waals surface area contributed by atoms with Gasteiger partial charge in [-0.05, 0) is 31.4 Å². The van der Waals surface area contributed by atoms with E-state index in [0.717, 1.165) is 41.9 Å². The van der Waals surface area contributed by atoms with Gasteiger partial charge in [-0.1, -0.05) is 48.5 Å². The quantitative estimate of drug-likeness (QED) is 0.754. The van der Waals surface area contributed by atoms with Crippen molar-refractivity contribution in [1.82, 2.24) is 15.3 Å². The molecule has 27 heavy (non-hydrogen) atoms. The first-order valence-electron chi connectivity index (χ1n) is 9.18. The Bertz CT molecular complexity index is 913. The van der Waals surface area contributed by atoms with Crippen LogP contribution in [0, 0.1) is 0 Å². The minimum Gasteiger partial charge on any atom is -0.484 e. The van der Waals surface area contributed by atoms with Crippen LogP contribution < -0.4 is 10.1 Å². The monoisotopic (exact) mass is 359 g/mol. The van der Waals surface area contributed by atoms with Crippen molar-refractivity contribution in [2.75, 3.05) is 6.61 Å². The Morgan fingerprint density at radius 1 is 1.07 bits per heavy atom. The number of aryl methyl sites for hydroxylation is 1. The maximum Gasteiger partial charge on any atom is 0.258 e. The van der Waals surface area contributed by atoms with Crippen LogP contribution in [0.3, 0.4) is 0 Å². The first-order valence-corrected chi connectivity index (χ1v) is 9.18. The molecule has 0 saturated heterocycles. The Labute approximate surface area is 158 Å². The van der Waals surface area contributed by atoms with Crippen molar-refractivity contribution in [3.8, 4) is 17.1 Å². The van der Waals surface area contributed by atoms with Crippen LogP contribution in [0.5, 0.6) is 5.75 Å². The van der Waals surface area contributed by atoms with Crippen LogP contribution in [0.4, 0.5) is 0 Å². The number of benzene rings is 2. The van der Waals surface area contributed by atoms with Gasteiger partial charge in [-0.25, -0.2) is 9.97 Å². The van der Waals surface area contributed by atoms with E-state index >= 15 is 0 Å². The van der Waals surface area contributed by atoms with Crippen molar-refractivity contribution in [3.63, 3.8) is 0 Å². The number of rotatable bonds is 5. The molecule has 1 heterocycles. The molecule has 0 spiro atoms. The van der Waals surface area contributed by atoms with Gasteiger partial charge in [0.1, 0.15) is 5.75 Å². The topological polar surface area (TPSA) is 64.1 Å². The second-order valence-electron chi connectivity index (χ2n) is 6.58. The summed E-state index contributed by atoms with van der Waals surface area (Å²) in [5.41, 5.74) is 3.03. The number of aromatic nitrogens is 2. The Morgan fingerprint density at radius 3 is 2.59 bits per heavy atom. The fourth-order valence-electron chi connectivity index (χ4n) is 3.32. The Morgan fingerprint density at radius 2 is 1.81 bits per heavy atom. The van der Waals surface area contributed by atoms with Crippen molar-refractivity contribution in [2.24, 2.45) is 0 Å². The Kier molecular flexibility index (Phi) is 5.10. The van der Waals surface area contributed by atoms with E-state index < -0.39 is 0 Å². The summed E-state index contributed by atoms with van der Waals surface area (Å²) in [4.78, 5) is 21.6. The summed E-state index contributed by atoms with van der Waals surface area (Å²) >= 11 is 0. The van der Waals surface area contributed by atoms with Crippen molar-refractivity contribution >= 4 is 5.91 Å². The minimum atomic E-state index is -0.135. The van der Waals surface area contributed by atoms with Crippen LogP contribution in [0.2, 0.25) is 0 Å². The van der Waals surface area contributed by atoms with Gasteiger partial charge in [0, 0.05) is 23.0 Å². The number of nitrogens with zero attached hydrogens (tertiary/aromatic N) is 2. The summed E-state index contributed by atoms with van der Waals surface area (Å²) < 4.78 is 5.53. The zero-order valence-corrected chi connectivity index (χ0v) is 15.0. The number of para-hydroxylation sites is 1. The van der Waals surface area contributed by atoms with E-state index in [9.17, 15) is 4.79 Å². The van der Waals surface area contributed by atoms with Crippen LogP contribution in [0.1, 0.15) is 30.1 Å². The van der Waals surface area contributed by atoms with E-state index in [-0.39, 0.29) is 18.6 Å². The van der Waals surface area contributed by atoms with Gasteiger partial charge in [0.25, 0.3) is 5.91 Å². The predicted molar refractivity (Wildman–Crippen MR) is 103 cm³/mol. The Hall–Kier alpha value is -3.21. The first-order chi connectivity index (χ1) is 13.3. The third-order valence-electron chi connectivity index (χ3n) is 4.66. The molecule has 1 N–H and O–H groups in total. The number of carbonyl (C=O) groups is 1. The van der Waals surface area contributed by atoms with Crippen LogP contribution >= 0.6 is 0 Å². The number of ether oxygens (including phenoxy) is 1. The van der Waals surface area contributed by atoms with Gasteiger partial charge < -0.3 is 10.1 Å². The summed E-state index contributed by atoms with van der Waals surface area (Å²) in [6, 6.07) is 19.2. The summed E-state index contributed by atoms with van der Waals surface area (Å²) in [5, 5.41) is 3.06. The second-order valence-corrected chi connectivity index (χ2v) is 6.58. The SMILES string of the molecule is O=C(COc1ccccc1)N[C@@H]1CCCc2nc(-c3ccccc3)ncc21. The van der Waals surface area contributed by atoms with E-state index in [2.05, 4.69) is 10.3 Å². The minimum absolute atomic E-state index is 0.00119. The molecule has 5 nitrogen and oxygen atoms in total. The largest absolute Gasteiger partial charge is 0.484 e. The van der Waals surface area contributed by atoms with Gasteiger partial charge in [0.05, 0.1) is 6.04 Å². The average molecular weight is 359 g/mol. The summed E-state index contributed by atoms with van der Waals surface area (Å²) in [6.45, 7) is -0.00119. The molecule has 1 amide bonds. The van der Waals surface area contributed by atoms with Crippen molar-refractivity contribution in [3.05, 3.63) is 78.1 Å². The molecule has 0 unspecified atom stereocenters. The zero-order chi connectivity index (χ0) is 18.5. The zero-order valence-electron chi connectivity index (χ0n) is 15.0. The first kappa shape index (κ1) is 17.2. The molecular weight excluding hydrogens is 338 g/mol. The molecule has 0 bridgehead atoms. The maximum atomic E-state index is 12.3. The smallest absolute Gasteiger partial charge is 0.258 e. The number of fused-ring (bicyclic) bond motifs is 1. The van der Waals surface area contributed by atoms with Crippen LogP contribution in [-0.4, -0.2) is 22.5 Å². The molecule has 4 rings (SSSR count). The fourth-order valence-corrected chi connectivity index (χ4v) is 3.32. The summed E-state index contributed by atoms with van der Waals surface area (Å²) in [6.07, 6.45) is 4.64. The second kappa shape index (κ2) is 7.99. The van der Waals surface area contributed by atoms with E-state index in [1.165, 1.54) is 0 Å². The van der Waals surface area contributed by atoms with Crippen molar-refractivity contribution < 1.29 is 9.53 Å². The highest BCUT2D eigenvalue weighted by Crippen LogP contribution is 2.29. The molecule has 0 aliphatic heterocycles. The third kappa shape index (κ3) is 4.14. The normalized spacial score (nSPS) is 15.6. The fraction of sp³-hybridized carbons (Fsp3) is 0.227. The lowest BCUT2D eigenvalue weighted by Crippen LogP contribution is -2.34. The highest BCUT2D eigenvalue weighted by molar-refractivity contribution is 5.78. The van der Waals surface area contributed by atoms with Gasteiger partial charge in [0.15, 0.2) is 12.4 Å². The number of nitrogens with one attached hydrogen (secondary N) is 1. The lowest BCUT2D eigenvalue weighted by Gasteiger charge is -2.25. The van der Waals surface area contributed by atoms with Gasteiger partial charge in [-0.3, -0.25) is 4.79 Å². The molecule has 1 atom stereocenters. The number of carbonyl (C=O) groups excluding carboxylic acids is 1. The number of hydrogen-bond acceptors (Lipinski definition) is 4. The highest BCUT2D eigenvalue weighted by atomic mass is 16.5. The van der Waals surface area contributed by atoms with Crippen LogP contribution in [0.25, 0.3) is 11.4 Å². The molecule has 1 aliphatic carbocycles. The third-order valence-corrected chi connectivity index (χ3v) is 4.66. The van der Waals surface area contributed by atoms with Crippen LogP contribution in [-0.2, 0) is 11.2 Å². The molecule has 0 radical (unpaired) electrons. The lowest BCUT2D eigenvalue weighted by atomic mass is 9.92. The van der Waals surface area contributed by atoms with E-state index in [1.807, 2.05) is 66.9 Å². The highest BCUT2D eigenvalue weighted by Gasteiger charge is 2.24. The van der Waals surface area contributed by atoms with Crippen molar-refractivity contribution in [1.29, 1.82) is 0 Å². The molecule has 1 aliphatic rings. The molecule has 5 heteroatoms. The molecule has 0 fully saturated rings. The Balaban J connectivity index is 1.44. The van der Waals surface area contributed by atoms with Gasteiger partial charge in [0.2, 0.25) is 0 Å². The van der Waals surface area contributed by atoms with Gasteiger partial charge in [-0.15, -0.1) is 0 Å². The van der Waals surface area contributed by atoms with Gasteiger partial charge >= 0.3 is 0 Å². The van der Waals surface area contributed by atoms with E-state index in [1.54, 1.807) is 0 Å². The molecular formula is C22H21N3O2. The van der Waals surface area contributed by atoms with Gasteiger partial charge in [-0.2, -0.15) is 0 Å². The summed E-state index contributed by atoms with van der Waals surface area (Å²) in [7, 11) is 0. The molecule has 2 aromatic carbocycles. The van der Waals surface area contributed by atoms with E-state index in [4.69, 9.17) is 9.72 Å².